The van der Waals surface area contributed by atoms with Gasteiger partial charge >= 0.3 is 0 Å². The highest BCUT2D eigenvalue weighted by Crippen LogP contribution is 2.30. The minimum absolute atomic E-state index is 0.0773. The summed E-state index contributed by atoms with van der Waals surface area (Å²) < 4.78 is 26.8. The fraction of sp³-hybridized carbons (Fsp3) is 0.421. The van der Waals surface area contributed by atoms with E-state index in [1.54, 1.807) is 30.4 Å². The van der Waals surface area contributed by atoms with Crippen LogP contribution >= 0.6 is 11.3 Å². The molecule has 142 valence electrons. The van der Waals surface area contributed by atoms with Gasteiger partial charge in [-0.25, -0.2) is 13.1 Å². The molecule has 0 bridgehead atoms. The third-order valence-corrected chi connectivity index (χ3v) is 6.90. The van der Waals surface area contributed by atoms with Crippen molar-refractivity contribution < 1.29 is 13.2 Å². The summed E-state index contributed by atoms with van der Waals surface area (Å²) in [7, 11) is -3.59. The highest BCUT2D eigenvalue weighted by atomic mass is 32.2. The van der Waals surface area contributed by atoms with Crippen LogP contribution in [0.2, 0.25) is 0 Å². The lowest BCUT2D eigenvalue weighted by Gasteiger charge is -2.25. The van der Waals surface area contributed by atoms with Gasteiger partial charge in [-0.1, -0.05) is 45.7 Å². The van der Waals surface area contributed by atoms with Gasteiger partial charge in [0.05, 0.1) is 10.9 Å². The van der Waals surface area contributed by atoms with E-state index in [9.17, 15) is 13.2 Å². The van der Waals surface area contributed by atoms with Crippen LogP contribution in [0, 0.1) is 5.92 Å². The maximum Gasteiger partial charge on any atom is 0.251 e. The van der Waals surface area contributed by atoms with Crippen LogP contribution in [0.3, 0.4) is 0 Å². The second-order valence-electron chi connectivity index (χ2n) is 6.07. The molecule has 1 heterocycles. The Bertz CT molecular complexity index is 813. The first-order valence-corrected chi connectivity index (χ1v) is 11.2. The number of hydrogen-bond acceptors (Lipinski definition) is 4. The van der Waals surface area contributed by atoms with Gasteiger partial charge in [0.1, 0.15) is 0 Å². The molecule has 1 aromatic carbocycles. The quantitative estimate of drug-likeness (QED) is 0.676. The van der Waals surface area contributed by atoms with Crippen LogP contribution in [0.1, 0.15) is 54.9 Å². The maximum atomic E-state index is 12.8. The lowest BCUT2D eigenvalue weighted by molar-refractivity contribution is 0.0920. The molecule has 0 saturated heterocycles. The van der Waals surface area contributed by atoms with Crippen LogP contribution in [-0.2, 0) is 10.0 Å². The smallest absolute Gasteiger partial charge is 0.251 e. The van der Waals surface area contributed by atoms with Gasteiger partial charge in [0, 0.05) is 17.0 Å². The van der Waals surface area contributed by atoms with Crippen molar-refractivity contribution in [2.45, 2.75) is 44.6 Å². The molecule has 5 nitrogen and oxygen atoms in total. The fourth-order valence-electron chi connectivity index (χ4n) is 2.95. The number of carbonyl (C=O) groups excluding carboxylic acids is 1. The number of thiophene rings is 1. The third-order valence-electron chi connectivity index (χ3n) is 4.40. The molecule has 1 atom stereocenters. The van der Waals surface area contributed by atoms with E-state index in [0.29, 0.717) is 18.0 Å². The van der Waals surface area contributed by atoms with Crippen molar-refractivity contribution in [2.24, 2.45) is 5.92 Å². The summed E-state index contributed by atoms with van der Waals surface area (Å²) in [6.45, 7) is 6.25. The zero-order chi connectivity index (χ0) is 19.2. The average Bonchev–Trinajstić information content (AvgIpc) is 3.16. The van der Waals surface area contributed by atoms with Crippen molar-refractivity contribution >= 4 is 27.3 Å². The van der Waals surface area contributed by atoms with E-state index in [4.69, 9.17) is 0 Å². The van der Waals surface area contributed by atoms with E-state index < -0.39 is 10.0 Å². The van der Waals surface area contributed by atoms with Crippen molar-refractivity contribution in [1.82, 2.24) is 10.0 Å². The lowest BCUT2D eigenvalue weighted by Crippen LogP contribution is -2.33. The molecule has 2 aromatic rings. The van der Waals surface area contributed by atoms with Gasteiger partial charge in [-0.3, -0.25) is 4.79 Å². The van der Waals surface area contributed by atoms with Gasteiger partial charge < -0.3 is 5.32 Å². The zero-order valence-electron chi connectivity index (χ0n) is 15.4. The van der Waals surface area contributed by atoms with Crippen molar-refractivity contribution in [1.29, 1.82) is 0 Å². The molecule has 0 aliphatic carbocycles. The summed E-state index contributed by atoms with van der Waals surface area (Å²) in [6.07, 6.45) is 1.91. The van der Waals surface area contributed by atoms with Gasteiger partial charge in [0.15, 0.2) is 0 Å². The van der Waals surface area contributed by atoms with Gasteiger partial charge in [-0.2, -0.15) is 0 Å². The summed E-state index contributed by atoms with van der Waals surface area (Å²) in [5.74, 6) is 0.0649. The molecule has 0 spiro atoms. The summed E-state index contributed by atoms with van der Waals surface area (Å²) >= 11 is 1.62. The molecule has 1 aromatic heterocycles. The maximum absolute atomic E-state index is 12.8. The topological polar surface area (TPSA) is 75.3 Å². The van der Waals surface area contributed by atoms with Crippen molar-refractivity contribution in [2.75, 3.05) is 6.54 Å². The first kappa shape index (κ1) is 20.6. The molecular formula is C19H26N2O3S2. The molecule has 0 saturated carbocycles. The Hall–Kier alpha value is -1.70. The first-order chi connectivity index (χ1) is 12.4. The minimum atomic E-state index is -3.59. The highest BCUT2D eigenvalue weighted by molar-refractivity contribution is 7.89. The summed E-state index contributed by atoms with van der Waals surface area (Å²) in [5, 5.41) is 5.11. The van der Waals surface area contributed by atoms with Crippen LogP contribution in [0.15, 0.2) is 46.7 Å². The third kappa shape index (κ3) is 4.93. The second kappa shape index (κ2) is 9.30. The van der Waals surface area contributed by atoms with E-state index in [1.165, 1.54) is 12.1 Å². The normalized spacial score (nSPS) is 12.9. The van der Waals surface area contributed by atoms with Gasteiger partial charge in [-0.05, 0) is 35.6 Å². The molecule has 2 rings (SSSR count). The number of sulfonamides is 1. The molecule has 0 unspecified atom stereocenters. The Kier molecular flexibility index (Phi) is 7.37. The number of amides is 1. The molecule has 1 amide bonds. The van der Waals surface area contributed by atoms with Crippen molar-refractivity contribution in [3.8, 4) is 0 Å². The largest absolute Gasteiger partial charge is 0.344 e. The standard InChI is InChI=1S/C19H26N2O3S2/c1-4-14(5-2)18(17-11-8-12-25-17)21-19(22)15-9-7-10-16(13-15)26(23,24)20-6-3/h7-14,18,20H,4-6H2,1-3H3,(H,21,22)/t18-/m0/s1. The minimum Gasteiger partial charge on any atom is -0.344 e. The van der Waals surface area contributed by atoms with Crippen LogP contribution in [0.4, 0.5) is 0 Å². The molecule has 0 fully saturated rings. The summed E-state index contributed by atoms with van der Waals surface area (Å²) in [4.78, 5) is 14.0. The van der Waals surface area contributed by atoms with Crippen LogP contribution < -0.4 is 10.0 Å². The molecule has 0 radical (unpaired) electrons. The molecule has 26 heavy (non-hydrogen) atoms. The van der Waals surface area contributed by atoms with E-state index in [-0.39, 0.29) is 16.8 Å². The summed E-state index contributed by atoms with van der Waals surface area (Å²) in [5.41, 5.74) is 0.344. The van der Waals surface area contributed by atoms with Gasteiger partial charge in [0.25, 0.3) is 5.91 Å². The van der Waals surface area contributed by atoms with Gasteiger partial charge in [0.2, 0.25) is 10.0 Å². The predicted octanol–water partition coefficient (Wildman–Crippen LogP) is 3.95. The van der Waals surface area contributed by atoms with E-state index in [2.05, 4.69) is 23.9 Å². The number of rotatable bonds is 9. The average molecular weight is 395 g/mol. The van der Waals surface area contributed by atoms with E-state index in [0.717, 1.165) is 17.7 Å². The Morgan fingerprint density at radius 1 is 1.12 bits per heavy atom. The number of nitrogens with one attached hydrogen (secondary N) is 2. The Morgan fingerprint density at radius 2 is 1.85 bits per heavy atom. The fourth-order valence-corrected chi connectivity index (χ4v) is 4.91. The predicted molar refractivity (Wildman–Crippen MR) is 106 cm³/mol. The van der Waals surface area contributed by atoms with Gasteiger partial charge in [-0.15, -0.1) is 11.3 Å². The Balaban J connectivity index is 2.27. The number of carbonyl (C=O) groups is 1. The summed E-state index contributed by atoms with van der Waals surface area (Å²) in [6, 6.07) is 10.1. The zero-order valence-corrected chi connectivity index (χ0v) is 17.0. The Labute approximate surface area is 159 Å². The van der Waals surface area contributed by atoms with Crippen LogP contribution in [0.25, 0.3) is 0 Å². The van der Waals surface area contributed by atoms with Crippen molar-refractivity contribution in [3.05, 3.63) is 52.2 Å². The molecule has 0 aliphatic rings. The molecule has 7 heteroatoms. The lowest BCUT2D eigenvalue weighted by atomic mass is 9.92. The number of benzene rings is 1. The Morgan fingerprint density at radius 3 is 2.42 bits per heavy atom. The SMILES string of the molecule is CCNS(=O)(=O)c1cccc(C(=O)N[C@H](c2cccs2)C(CC)CC)c1. The van der Waals surface area contributed by atoms with Crippen molar-refractivity contribution in [3.63, 3.8) is 0 Å². The molecule has 0 aliphatic heterocycles. The van der Waals surface area contributed by atoms with E-state index >= 15 is 0 Å². The molecule has 2 N–H and O–H groups in total. The monoisotopic (exact) mass is 394 g/mol. The first-order valence-electron chi connectivity index (χ1n) is 8.86. The number of hydrogen-bond donors (Lipinski definition) is 2. The second-order valence-corrected chi connectivity index (χ2v) is 8.82. The van der Waals surface area contributed by atoms with Crippen LogP contribution in [0.5, 0.6) is 0 Å². The van der Waals surface area contributed by atoms with E-state index in [1.807, 2.05) is 17.5 Å². The van der Waals surface area contributed by atoms with Crippen LogP contribution in [-0.4, -0.2) is 20.9 Å². The highest BCUT2D eigenvalue weighted by Gasteiger charge is 2.24. The molecular weight excluding hydrogens is 368 g/mol.